The fourth-order valence-corrected chi connectivity index (χ4v) is 2.29. The third-order valence-electron chi connectivity index (χ3n) is 3.25. The number of amides is 1. The molecule has 126 valence electrons. The topological polar surface area (TPSA) is 94.3 Å². The van der Waals surface area contributed by atoms with E-state index in [0.29, 0.717) is 10.7 Å². The number of esters is 1. The lowest BCUT2D eigenvalue weighted by Crippen LogP contribution is -2.30. The normalized spacial score (nSPS) is 11.7. The molecule has 2 rings (SSSR count). The Balaban J connectivity index is 2.06. The van der Waals surface area contributed by atoms with E-state index >= 15 is 0 Å². The summed E-state index contributed by atoms with van der Waals surface area (Å²) in [6.45, 7) is 3.21. The predicted molar refractivity (Wildman–Crippen MR) is 93.4 cm³/mol. The lowest BCUT2D eigenvalue weighted by molar-refractivity contribution is -0.123. The Kier molecular flexibility index (Phi) is 5.64. The highest BCUT2D eigenvalue weighted by molar-refractivity contribution is 6.36. The summed E-state index contributed by atoms with van der Waals surface area (Å²) in [6.07, 6.45) is 0.277. The fourth-order valence-electron chi connectivity index (χ4n) is 1.86. The summed E-state index contributed by atoms with van der Waals surface area (Å²) in [5, 5.41) is 2.99. The molecule has 8 heteroatoms. The number of ether oxygens (including phenoxy) is 1. The third kappa shape index (κ3) is 4.15. The molecular weight excluding hydrogens is 353 g/mol. The molecule has 3 N–H and O–H groups in total. The fraction of sp³-hybridized carbons (Fsp3) is 0.188. The Morgan fingerprint density at radius 2 is 2.04 bits per heavy atom. The number of anilines is 2. The number of rotatable bonds is 4. The Hall–Kier alpha value is -2.31. The van der Waals surface area contributed by atoms with Crippen molar-refractivity contribution < 1.29 is 14.3 Å². The first-order valence-electron chi connectivity index (χ1n) is 6.97. The smallest absolute Gasteiger partial charge is 0.341 e. The largest absolute Gasteiger partial charge is 0.449 e. The van der Waals surface area contributed by atoms with Crippen molar-refractivity contribution in [2.24, 2.45) is 0 Å². The maximum absolute atomic E-state index is 12.2. The molecule has 0 aliphatic carbocycles. The first kappa shape index (κ1) is 18.0. The molecular formula is C16H15Cl2N3O3. The van der Waals surface area contributed by atoms with Gasteiger partial charge in [0.05, 0.1) is 15.6 Å². The number of hydrogen-bond acceptors (Lipinski definition) is 5. The summed E-state index contributed by atoms with van der Waals surface area (Å²) in [7, 11) is 0. The van der Waals surface area contributed by atoms with E-state index < -0.39 is 18.0 Å². The van der Waals surface area contributed by atoms with Gasteiger partial charge in [0.15, 0.2) is 11.9 Å². The van der Waals surface area contributed by atoms with Crippen LogP contribution in [0.4, 0.5) is 11.5 Å². The Morgan fingerprint density at radius 3 is 2.71 bits per heavy atom. The van der Waals surface area contributed by atoms with Gasteiger partial charge in [0.1, 0.15) is 0 Å². The first-order chi connectivity index (χ1) is 11.3. The summed E-state index contributed by atoms with van der Waals surface area (Å²) >= 11 is 11.7. The molecule has 6 nitrogen and oxygen atoms in total. The van der Waals surface area contributed by atoms with Crippen molar-refractivity contribution in [1.82, 2.24) is 4.98 Å². The third-order valence-corrected chi connectivity index (χ3v) is 3.74. The minimum Gasteiger partial charge on any atom is -0.449 e. The van der Waals surface area contributed by atoms with Crippen molar-refractivity contribution in [2.75, 3.05) is 11.1 Å². The van der Waals surface area contributed by atoms with E-state index in [0.717, 1.165) is 5.56 Å². The number of halogens is 2. The zero-order chi connectivity index (χ0) is 17.9. The van der Waals surface area contributed by atoms with Crippen molar-refractivity contribution in [3.8, 4) is 0 Å². The second-order valence-electron chi connectivity index (χ2n) is 5.06. The van der Waals surface area contributed by atoms with Crippen LogP contribution in [0.5, 0.6) is 0 Å². The van der Waals surface area contributed by atoms with Crippen molar-refractivity contribution in [2.45, 2.75) is 20.0 Å². The number of aromatic nitrogens is 1. The zero-order valence-electron chi connectivity index (χ0n) is 13.0. The average molecular weight is 368 g/mol. The number of carbonyl (C=O) groups excluding carboxylic acids is 2. The van der Waals surface area contributed by atoms with Gasteiger partial charge in [-0.3, -0.25) is 4.79 Å². The highest BCUT2D eigenvalue weighted by Crippen LogP contribution is 2.23. The monoisotopic (exact) mass is 367 g/mol. The van der Waals surface area contributed by atoms with Gasteiger partial charge in [-0.15, -0.1) is 0 Å². The number of nitrogen functional groups attached to an aromatic ring is 1. The Labute approximate surface area is 148 Å². The summed E-state index contributed by atoms with van der Waals surface area (Å²) in [5.41, 5.74) is 7.12. The summed E-state index contributed by atoms with van der Waals surface area (Å²) < 4.78 is 5.14. The number of nitrogens with one attached hydrogen (secondary N) is 1. The summed E-state index contributed by atoms with van der Waals surface area (Å²) in [4.78, 5) is 28.2. The minimum atomic E-state index is -1.06. The van der Waals surface area contributed by atoms with Crippen LogP contribution in [0.15, 0.2) is 30.5 Å². The number of hydrogen-bond donors (Lipinski definition) is 2. The van der Waals surface area contributed by atoms with Crippen LogP contribution in [0.1, 0.15) is 22.8 Å². The molecule has 0 aliphatic rings. The SMILES string of the molecule is Cc1cccc(C(=O)O[C@H](C)C(=O)Nc2ncc(Cl)cc2Cl)c1N. The van der Waals surface area contributed by atoms with E-state index in [1.54, 1.807) is 19.1 Å². The van der Waals surface area contributed by atoms with Crippen molar-refractivity contribution in [3.63, 3.8) is 0 Å². The summed E-state index contributed by atoms with van der Waals surface area (Å²) in [6, 6.07) is 6.43. The molecule has 1 aromatic heterocycles. The van der Waals surface area contributed by atoms with Crippen molar-refractivity contribution in [1.29, 1.82) is 0 Å². The molecule has 1 aromatic carbocycles. The van der Waals surface area contributed by atoms with Crippen LogP contribution in [0, 0.1) is 6.92 Å². The molecule has 0 aliphatic heterocycles. The molecule has 0 bridgehead atoms. The van der Waals surface area contributed by atoms with Crippen LogP contribution in [0.2, 0.25) is 10.0 Å². The van der Waals surface area contributed by atoms with Gasteiger partial charge >= 0.3 is 5.97 Å². The van der Waals surface area contributed by atoms with Gasteiger partial charge in [-0.1, -0.05) is 35.3 Å². The van der Waals surface area contributed by atoms with Gasteiger partial charge < -0.3 is 15.8 Å². The maximum Gasteiger partial charge on any atom is 0.341 e. The molecule has 0 unspecified atom stereocenters. The molecule has 0 spiro atoms. The molecule has 0 saturated heterocycles. The average Bonchev–Trinajstić information content (AvgIpc) is 2.52. The minimum absolute atomic E-state index is 0.129. The Morgan fingerprint density at radius 1 is 1.33 bits per heavy atom. The van der Waals surface area contributed by atoms with Crippen LogP contribution >= 0.6 is 23.2 Å². The molecule has 2 aromatic rings. The molecule has 1 heterocycles. The lowest BCUT2D eigenvalue weighted by Gasteiger charge is -2.15. The molecule has 0 radical (unpaired) electrons. The van der Waals surface area contributed by atoms with Crippen LogP contribution in [0.3, 0.4) is 0 Å². The highest BCUT2D eigenvalue weighted by Gasteiger charge is 2.21. The molecule has 1 amide bonds. The number of nitrogens with two attached hydrogens (primary N) is 1. The van der Waals surface area contributed by atoms with Gasteiger partial charge in [-0.25, -0.2) is 9.78 Å². The van der Waals surface area contributed by atoms with Crippen LogP contribution in [0.25, 0.3) is 0 Å². The standard InChI is InChI=1S/C16H15Cl2N3O3/c1-8-4-3-5-11(13(8)19)16(23)24-9(2)15(22)21-14-12(18)6-10(17)7-20-14/h3-7,9H,19H2,1-2H3,(H,20,21,22)/t9-/m1/s1. The quantitative estimate of drug-likeness (QED) is 0.637. The lowest BCUT2D eigenvalue weighted by atomic mass is 10.1. The predicted octanol–water partition coefficient (Wildman–Crippen LogP) is 3.46. The number of carbonyl (C=O) groups is 2. The van der Waals surface area contributed by atoms with E-state index in [2.05, 4.69) is 10.3 Å². The van der Waals surface area contributed by atoms with E-state index in [-0.39, 0.29) is 16.4 Å². The van der Waals surface area contributed by atoms with Gasteiger partial charge in [0.2, 0.25) is 0 Å². The van der Waals surface area contributed by atoms with Gasteiger partial charge in [-0.05, 0) is 31.5 Å². The second-order valence-corrected chi connectivity index (χ2v) is 5.90. The van der Waals surface area contributed by atoms with Gasteiger partial charge in [0.25, 0.3) is 5.91 Å². The van der Waals surface area contributed by atoms with E-state index in [9.17, 15) is 9.59 Å². The van der Waals surface area contributed by atoms with E-state index in [1.807, 2.05) is 0 Å². The number of para-hydroxylation sites is 1. The van der Waals surface area contributed by atoms with E-state index in [1.165, 1.54) is 25.3 Å². The zero-order valence-corrected chi connectivity index (χ0v) is 14.5. The first-order valence-corrected chi connectivity index (χ1v) is 7.73. The number of benzene rings is 1. The second kappa shape index (κ2) is 7.51. The van der Waals surface area contributed by atoms with Crippen LogP contribution < -0.4 is 11.1 Å². The van der Waals surface area contributed by atoms with Crippen molar-refractivity contribution in [3.05, 3.63) is 51.6 Å². The summed E-state index contributed by atoms with van der Waals surface area (Å²) in [5.74, 6) is -1.13. The Bertz CT molecular complexity index is 796. The number of pyridine rings is 1. The molecule has 0 fully saturated rings. The number of aryl methyl sites for hydroxylation is 1. The highest BCUT2D eigenvalue weighted by atomic mass is 35.5. The van der Waals surface area contributed by atoms with Gasteiger partial charge in [-0.2, -0.15) is 0 Å². The van der Waals surface area contributed by atoms with Gasteiger partial charge in [0, 0.05) is 11.9 Å². The van der Waals surface area contributed by atoms with E-state index in [4.69, 9.17) is 33.7 Å². The number of nitrogens with zero attached hydrogens (tertiary/aromatic N) is 1. The molecule has 1 atom stereocenters. The molecule has 24 heavy (non-hydrogen) atoms. The maximum atomic E-state index is 12.2. The molecule has 0 saturated carbocycles. The van der Waals surface area contributed by atoms with Crippen molar-refractivity contribution >= 4 is 46.6 Å². The van der Waals surface area contributed by atoms with Crippen LogP contribution in [-0.4, -0.2) is 23.0 Å². The van der Waals surface area contributed by atoms with Crippen LogP contribution in [-0.2, 0) is 9.53 Å².